The summed E-state index contributed by atoms with van der Waals surface area (Å²) < 4.78 is 0. The number of piperazine rings is 1. The fourth-order valence-corrected chi connectivity index (χ4v) is 2.83. The molecule has 20 heavy (non-hydrogen) atoms. The lowest BCUT2D eigenvalue weighted by atomic mass is 10.0. The standard InChI is InChI=1S/C16H20N2O2/c19-13-3-1-12-2-4-16(20)14(15(12)11-13)5-8-18-9-6-17-7-10-18/h1-4,11,17,19-20H,5-10H2. The van der Waals surface area contributed by atoms with Crippen LogP contribution < -0.4 is 5.32 Å². The van der Waals surface area contributed by atoms with Crippen molar-refractivity contribution < 1.29 is 10.2 Å². The second-order valence-electron chi connectivity index (χ2n) is 5.31. The zero-order valence-electron chi connectivity index (χ0n) is 11.5. The monoisotopic (exact) mass is 272 g/mol. The maximum atomic E-state index is 10.1. The summed E-state index contributed by atoms with van der Waals surface area (Å²) in [6, 6.07) is 8.94. The van der Waals surface area contributed by atoms with Gasteiger partial charge in [-0.3, -0.25) is 0 Å². The van der Waals surface area contributed by atoms with E-state index >= 15 is 0 Å². The van der Waals surface area contributed by atoms with E-state index < -0.39 is 0 Å². The van der Waals surface area contributed by atoms with E-state index in [-0.39, 0.29) is 5.75 Å². The van der Waals surface area contributed by atoms with Gasteiger partial charge in [0.25, 0.3) is 0 Å². The molecule has 1 heterocycles. The first-order valence-electron chi connectivity index (χ1n) is 7.11. The highest BCUT2D eigenvalue weighted by atomic mass is 16.3. The topological polar surface area (TPSA) is 55.7 Å². The second kappa shape index (κ2) is 5.69. The normalized spacial score (nSPS) is 16.6. The molecule has 2 aromatic carbocycles. The van der Waals surface area contributed by atoms with Crippen LogP contribution in [0.2, 0.25) is 0 Å². The molecule has 1 aliphatic rings. The number of aromatic hydroxyl groups is 2. The van der Waals surface area contributed by atoms with Crippen molar-refractivity contribution in [3.05, 3.63) is 35.9 Å². The van der Waals surface area contributed by atoms with E-state index in [0.717, 1.165) is 55.5 Å². The molecule has 1 saturated heterocycles. The molecule has 0 aromatic heterocycles. The van der Waals surface area contributed by atoms with Crippen LogP contribution >= 0.6 is 0 Å². The van der Waals surface area contributed by atoms with E-state index in [4.69, 9.17) is 0 Å². The molecule has 1 aliphatic heterocycles. The number of nitrogens with one attached hydrogen (secondary N) is 1. The van der Waals surface area contributed by atoms with Crippen LogP contribution in [0.1, 0.15) is 5.56 Å². The van der Waals surface area contributed by atoms with Gasteiger partial charge in [-0.15, -0.1) is 0 Å². The Bertz CT molecular complexity index is 601. The van der Waals surface area contributed by atoms with Crippen molar-refractivity contribution in [3.8, 4) is 11.5 Å². The Morgan fingerprint density at radius 3 is 2.60 bits per heavy atom. The maximum absolute atomic E-state index is 10.1. The zero-order valence-corrected chi connectivity index (χ0v) is 11.5. The molecular weight excluding hydrogens is 252 g/mol. The minimum absolute atomic E-state index is 0.242. The Kier molecular flexibility index (Phi) is 3.76. The number of phenols is 2. The van der Waals surface area contributed by atoms with Crippen LogP contribution in [-0.2, 0) is 6.42 Å². The molecule has 2 aromatic rings. The first kappa shape index (κ1) is 13.2. The Morgan fingerprint density at radius 1 is 1.05 bits per heavy atom. The minimum atomic E-state index is 0.242. The van der Waals surface area contributed by atoms with E-state index in [1.807, 2.05) is 12.1 Å². The lowest BCUT2D eigenvalue weighted by molar-refractivity contribution is 0.243. The maximum Gasteiger partial charge on any atom is 0.119 e. The zero-order chi connectivity index (χ0) is 13.9. The number of fused-ring (bicyclic) bond motifs is 1. The van der Waals surface area contributed by atoms with Gasteiger partial charge in [0.2, 0.25) is 0 Å². The molecule has 106 valence electrons. The van der Waals surface area contributed by atoms with E-state index in [1.54, 1.807) is 18.2 Å². The summed E-state index contributed by atoms with van der Waals surface area (Å²) in [7, 11) is 0. The van der Waals surface area contributed by atoms with Gasteiger partial charge in [-0.25, -0.2) is 0 Å². The van der Waals surface area contributed by atoms with Gasteiger partial charge in [0.1, 0.15) is 11.5 Å². The van der Waals surface area contributed by atoms with Crippen LogP contribution in [0.15, 0.2) is 30.3 Å². The summed E-state index contributed by atoms with van der Waals surface area (Å²) in [5.41, 5.74) is 0.928. The number of nitrogens with zero attached hydrogens (tertiary/aromatic N) is 1. The molecule has 0 unspecified atom stereocenters. The summed E-state index contributed by atoms with van der Waals surface area (Å²) >= 11 is 0. The first-order valence-corrected chi connectivity index (χ1v) is 7.11. The van der Waals surface area contributed by atoms with Crippen molar-refractivity contribution >= 4 is 10.8 Å². The Balaban J connectivity index is 1.85. The van der Waals surface area contributed by atoms with E-state index in [1.165, 1.54) is 0 Å². The van der Waals surface area contributed by atoms with Gasteiger partial charge < -0.3 is 20.4 Å². The number of hydrogen-bond acceptors (Lipinski definition) is 4. The van der Waals surface area contributed by atoms with E-state index in [2.05, 4.69) is 10.2 Å². The highest BCUT2D eigenvalue weighted by molar-refractivity contribution is 5.88. The van der Waals surface area contributed by atoms with Gasteiger partial charge >= 0.3 is 0 Å². The lowest BCUT2D eigenvalue weighted by Gasteiger charge is -2.27. The predicted octanol–water partition coefficient (Wildman–Crippen LogP) is 1.70. The van der Waals surface area contributed by atoms with Crippen molar-refractivity contribution in [2.24, 2.45) is 0 Å². The quantitative estimate of drug-likeness (QED) is 0.796. The van der Waals surface area contributed by atoms with Gasteiger partial charge in [-0.2, -0.15) is 0 Å². The molecule has 1 fully saturated rings. The highest BCUT2D eigenvalue weighted by Gasteiger charge is 2.12. The summed E-state index contributed by atoms with van der Waals surface area (Å²) in [5, 5.41) is 25.1. The number of rotatable bonds is 3. The predicted molar refractivity (Wildman–Crippen MR) is 80.3 cm³/mol. The van der Waals surface area contributed by atoms with Crippen molar-refractivity contribution in [1.29, 1.82) is 0 Å². The van der Waals surface area contributed by atoms with Crippen LogP contribution in [0.3, 0.4) is 0 Å². The van der Waals surface area contributed by atoms with Crippen LogP contribution in [0.5, 0.6) is 11.5 Å². The van der Waals surface area contributed by atoms with Gasteiger partial charge in [0, 0.05) is 38.3 Å². The highest BCUT2D eigenvalue weighted by Crippen LogP contribution is 2.30. The molecule has 3 N–H and O–H groups in total. The van der Waals surface area contributed by atoms with E-state index in [9.17, 15) is 10.2 Å². The van der Waals surface area contributed by atoms with Crippen LogP contribution in [0.4, 0.5) is 0 Å². The summed E-state index contributed by atoms with van der Waals surface area (Å²) in [4.78, 5) is 2.40. The fraction of sp³-hybridized carbons (Fsp3) is 0.375. The fourth-order valence-electron chi connectivity index (χ4n) is 2.83. The smallest absolute Gasteiger partial charge is 0.119 e. The Hall–Kier alpha value is -1.78. The van der Waals surface area contributed by atoms with E-state index in [0.29, 0.717) is 5.75 Å². The third-order valence-corrected chi connectivity index (χ3v) is 3.98. The Labute approximate surface area is 118 Å². The van der Waals surface area contributed by atoms with Crippen molar-refractivity contribution in [1.82, 2.24) is 10.2 Å². The van der Waals surface area contributed by atoms with Gasteiger partial charge in [0.15, 0.2) is 0 Å². The summed E-state index contributed by atoms with van der Waals surface area (Å²) in [5.74, 6) is 0.560. The lowest BCUT2D eigenvalue weighted by Crippen LogP contribution is -2.44. The molecule has 4 nitrogen and oxygen atoms in total. The minimum Gasteiger partial charge on any atom is -0.508 e. The average molecular weight is 272 g/mol. The van der Waals surface area contributed by atoms with Crippen LogP contribution in [0.25, 0.3) is 10.8 Å². The summed E-state index contributed by atoms with van der Waals surface area (Å²) in [6.07, 6.45) is 0.798. The molecule has 0 amide bonds. The van der Waals surface area contributed by atoms with Crippen LogP contribution in [-0.4, -0.2) is 47.8 Å². The van der Waals surface area contributed by atoms with Gasteiger partial charge in [-0.1, -0.05) is 12.1 Å². The van der Waals surface area contributed by atoms with Gasteiger partial charge in [0.05, 0.1) is 0 Å². The number of benzene rings is 2. The van der Waals surface area contributed by atoms with Gasteiger partial charge in [-0.05, 0) is 35.4 Å². The molecule has 0 saturated carbocycles. The molecular formula is C16H20N2O2. The molecule has 0 aliphatic carbocycles. The first-order chi connectivity index (χ1) is 9.74. The molecule has 0 bridgehead atoms. The largest absolute Gasteiger partial charge is 0.508 e. The Morgan fingerprint density at radius 2 is 1.80 bits per heavy atom. The third-order valence-electron chi connectivity index (χ3n) is 3.98. The molecule has 4 heteroatoms. The van der Waals surface area contributed by atoms with Crippen molar-refractivity contribution in [2.75, 3.05) is 32.7 Å². The molecule has 0 radical (unpaired) electrons. The number of phenolic OH excluding ortho intramolecular Hbond substituents is 2. The van der Waals surface area contributed by atoms with Crippen molar-refractivity contribution in [2.45, 2.75) is 6.42 Å². The SMILES string of the molecule is Oc1ccc2ccc(O)c(CCN3CCNCC3)c2c1. The second-order valence-corrected chi connectivity index (χ2v) is 5.31. The third kappa shape index (κ3) is 2.71. The summed E-state index contributed by atoms with van der Waals surface area (Å²) in [6.45, 7) is 5.10. The molecule has 3 rings (SSSR count). The van der Waals surface area contributed by atoms with Crippen LogP contribution in [0, 0.1) is 0 Å². The average Bonchev–Trinajstić information content (AvgIpc) is 2.47. The molecule has 0 spiro atoms. The number of hydrogen-bond donors (Lipinski definition) is 3. The molecule has 0 atom stereocenters. The van der Waals surface area contributed by atoms with Crippen molar-refractivity contribution in [3.63, 3.8) is 0 Å².